The molecule has 1 N–H and O–H groups in total. The van der Waals surface area contributed by atoms with Crippen molar-refractivity contribution in [1.29, 1.82) is 0 Å². The summed E-state index contributed by atoms with van der Waals surface area (Å²) in [5.41, 5.74) is 3.37. The molecule has 0 aromatic heterocycles. The van der Waals surface area contributed by atoms with Gasteiger partial charge in [0.1, 0.15) is 16.5 Å². The minimum absolute atomic E-state index is 0.293. The predicted molar refractivity (Wildman–Crippen MR) is 100.0 cm³/mol. The van der Waals surface area contributed by atoms with Crippen molar-refractivity contribution in [3.05, 3.63) is 70.8 Å². The molecule has 2 aromatic carbocycles. The Morgan fingerprint density at radius 1 is 1.00 bits per heavy atom. The van der Waals surface area contributed by atoms with Crippen molar-refractivity contribution in [2.45, 2.75) is 20.4 Å². The number of rotatable bonds is 4. The fourth-order valence-electron chi connectivity index (χ4n) is 2.69. The van der Waals surface area contributed by atoms with Crippen molar-refractivity contribution >= 4 is 20.8 Å². The molecule has 1 aliphatic heterocycles. The van der Waals surface area contributed by atoms with Crippen molar-refractivity contribution in [3.63, 3.8) is 0 Å². The van der Waals surface area contributed by atoms with Crippen LogP contribution in [-0.2, 0) is 16.6 Å². The van der Waals surface area contributed by atoms with Gasteiger partial charge < -0.3 is 4.74 Å². The first kappa shape index (κ1) is 17.2. The molecule has 1 heterocycles. The number of nitrogens with one attached hydrogen (secondary N) is 1. The van der Waals surface area contributed by atoms with Crippen LogP contribution in [0.3, 0.4) is 0 Å². The van der Waals surface area contributed by atoms with Crippen molar-refractivity contribution in [2.75, 3.05) is 7.11 Å². The Labute approximate surface area is 148 Å². The molecule has 130 valence electrons. The molecule has 0 radical (unpaired) electrons. The van der Waals surface area contributed by atoms with Gasteiger partial charge in [0, 0.05) is 5.57 Å². The van der Waals surface area contributed by atoms with Crippen LogP contribution >= 0.6 is 0 Å². The van der Waals surface area contributed by atoms with E-state index >= 15 is 0 Å². The quantitative estimate of drug-likeness (QED) is 0.914. The summed E-state index contributed by atoms with van der Waals surface area (Å²) in [4.78, 5) is 4.74. The maximum Gasteiger partial charge on any atom is 0.264 e. The number of hydrogen-bond acceptors (Lipinski definition) is 4. The van der Waals surface area contributed by atoms with Crippen LogP contribution in [0.2, 0.25) is 0 Å². The third-order valence-electron chi connectivity index (χ3n) is 4.09. The number of sulfonamides is 1. The van der Waals surface area contributed by atoms with Crippen LogP contribution in [-0.4, -0.2) is 21.4 Å². The lowest BCUT2D eigenvalue weighted by Crippen LogP contribution is -2.23. The fourth-order valence-corrected chi connectivity index (χ4v) is 4.21. The van der Waals surface area contributed by atoms with Gasteiger partial charge in [-0.15, -0.1) is 0 Å². The van der Waals surface area contributed by atoms with Crippen LogP contribution in [0.1, 0.15) is 23.6 Å². The molecule has 0 bridgehead atoms. The van der Waals surface area contributed by atoms with E-state index in [2.05, 4.69) is 9.71 Å². The molecule has 1 aliphatic rings. The van der Waals surface area contributed by atoms with Gasteiger partial charge >= 0.3 is 0 Å². The van der Waals surface area contributed by atoms with Gasteiger partial charge in [0.05, 0.1) is 13.7 Å². The van der Waals surface area contributed by atoms with Gasteiger partial charge in [-0.3, -0.25) is 9.71 Å². The molecule has 0 amide bonds. The molecule has 2 aromatic rings. The van der Waals surface area contributed by atoms with Crippen LogP contribution in [0.15, 0.2) is 59.1 Å². The van der Waals surface area contributed by atoms with Crippen LogP contribution in [0.25, 0.3) is 4.91 Å². The van der Waals surface area contributed by atoms with Crippen molar-refractivity contribution in [3.8, 4) is 5.75 Å². The largest absolute Gasteiger partial charge is 0.497 e. The molecule has 6 heteroatoms. The van der Waals surface area contributed by atoms with Gasteiger partial charge in [-0.05, 0) is 37.1 Å². The highest BCUT2D eigenvalue weighted by atomic mass is 32.2. The van der Waals surface area contributed by atoms with E-state index in [1.54, 1.807) is 14.0 Å². The predicted octanol–water partition coefficient (Wildman–Crippen LogP) is 3.27. The number of amidine groups is 1. The molecule has 3 rings (SSSR count). The monoisotopic (exact) mass is 356 g/mol. The summed E-state index contributed by atoms with van der Waals surface area (Å²) in [6.07, 6.45) is 0. The molecular formula is C19H20N2O3S. The van der Waals surface area contributed by atoms with Gasteiger partial charge in [-0.2, -0.15) is 0 Å². The van der Waals surface area contributed by atoms with E-state index in [9.17, 15) is 8.42 Å². The maximum atomic E-state index is 12.5. The third-order valence-corrected chi connectivity index (χ3v) is 5.63. The second kappa shape index (κ2) is 6.72. The average Bonchev–Trinajstić information content (AvgIpc) is 2.83. The summed E-state index contributed by atoms with van der Waals surface area (Å²) < 4.78 is 32.7. The average molecular weight is 356 g/mol. The normalized spacial score (nSPS) is 17.6. The number of aliphatic imine (C=N–C) groups is 1. The highest BCUT2D eigenvalue weighted by Crippen LogP contribution is 2.30. The maximum absolute atomic E-state index is 12.5. The number of ether oxygens (including phenoxy) is 1. The Morgan fingerprint density at radius 2 is 1.64 bits per heavy atom. The Kier molecular flexibility index (Phi) is 4.63. The molecule has 25 heavy (non-hydrogen) atoms. The van der Waals surface area contributed by atoms with E-state index in [0.29, 0.717) is 28.4 Å². The smallest absolute Gasteiger partial charge is 0.264 e. The van der Waals surface area contributed by atoms with E-state index in [1.165, 1.54) is 0 Å². The lowest BCUT2D eigenvalue weighted by Gasteiger charge is -2.03. The SMILES string of the molecule is COc1ccc(CN=C2NS(=O)(=O)C(c3ccc(C)cc3)=C2C)cc1. The van der Waals surface area contributed by atoms with Gasteiger partial charge in [0.2, 0.25) is 0 Å². The van der Waals surface area contributed by atoms with Crippen molar-refractivity contribution < 1.29 is 13.2 Å². The van der Waals surface area contributed by atoms with Gasteiger partial charge in [0.15, 0.2) is 0 Å². The molecular weight excluding hydrogens is 336 g/mol. The van der Waals surface area contributed by atoms with Gasteiger partial charge in [-0.1, -0.05) is 42.0 Å². The summed E-state index contributed by atoms with van der Waals surface area (Å²) >= 11 is 0. The topological polar surface area (TPSA) is 67.8 Å². The lowest BCUT2D eigenvalue weighted by molar-refractivity contribution is 0.414. The van der Waals surface area contributed by atoms with Crippen molar-refractivity contribution in [1.82, 2.24) is 4.72 Å². The van der Waals surface area contributed by atoms with E-state index in [1.807, 2.05) is 55.5 Å². The highest BCUT2D eigenvalue weighted by Gasteiger charge is 2.32. The molecule has 0 unspecified atom stereocenters. The summed E-state index contributed by atoms with van der Waals surface area (Å²) in [6, 6.07) is 15.0. The van der Waals surface area contributed by atoms with Crippen LogP contribution in [0.5, 0.6) is 5.75 Å². The van der Waals surface area contributed by atoms with Crippen LogP contribution in [0, 0.1) is 6.92 Å². The zero-order valence-electron chi connectivity index (χ0n) is 14.4. The number of hydrogen-bond donors (Lipinski definition) is 1. The van der Waals surface area contributed by atoms with E-state index < -0.39 is 10.0 Å². The molecule has 0 aliphatic carbocycles. The second-order valence-corrected chi connectivity index (χ2v) is 7.56. The second-order valence-electron chi connectivity index (χ2n) is 5.94. The first-order valence-corrected chi connectivity index (χ1v) is 9.37. The third kappa shape index (κ3) is 3.58. The van der Waals surface area contributed by atoms with Crippen LogP contribution < -0.4 is 9.46 Å². The molecule has 0 saturated heterocycles. The fraction of sp³-hybridized carbons (Fsp3) is 0.211. The zero-order chi connectivity index (χ0) is 18.0. The summed E-state index contributed by atoms with van der Waals surface area (Å²) in [5, 5.41) is 0. The number of aryl methyl sites for hydroxylation is 1. The Morgan fingerprint density at radius 3 is 2.24 bits per heavy atom. The van der Waals surface area contributed by atoms with E-state index in [-0.39, 0.29) is 0 Å². The molecule has 0 atom stereocenters. The summed E-state index contributed by atoms with van der Waals surface area (Å²) in [6.45, 7) is 4.13. The van der Waals surface area contributed by atoms with Gasteiger partial charge in [-0.25, -0.2) is 8.42 Å². The molecule has 0 spiro atoms. The number of nitrogens with zero attached hydrogens (tertiary/aromatic N) is 1. The minimum atomic E-state index is -3.59. The Hall–Kier alpha value is -2.60. The summed E-state index contributed by atoms with van der Waals surface area (Å²) in [7, 11) is -1.97. The first-order valence-electron chi connectivity index (χ1n) is 7.89. The van der Waals surface area contributed by atoms with Crippen LogP contribution in [0.4, 0.5) is 0 Å². The number of benzene rings is 2. The Balaban J connectivity index is 1.91. The standard InChI is InChI=1S/C19H20N2O3S/c1-13-4-8-16(9-5-13)18-14(2)19(21-25(18,22)23)20-12-15-6-10-17(24-3)11-7-15/h4-11H,12H2,1-3H3,(H,20,21). The summed E-state index contributed by atoms with van der Waals surface area (Å²) in [5.74, 6) is 1.17. The number of methoxy groups -OCH3 is 1. The molecule has 5 nitrogen and oxygen atoms in total. The van der Waals surface area contributed by atoms with E-state index in [4.69, 9.17) is 4.74 Å². The molecule has 0 saturated carbocycles. The van der Waals surface area contributed by atoms with E-state index in [0.717, 1.165) is 16.9 Å². The van der Waals surface area contributed by atoms with Crippen molar-refractivity contribution in [2.24, 2.45) is 4.99 Å². The zero-order valence-corrected chi connectivity index (χ0v) is 15.2. The minimum Gasteiger partial charge on any atom is -0.497 e. The van der Waals surface area contributed by atoms with Gasteiger partial charge in [0.25, 0.3) is 10.0 Å². The Bertz CT molecular complexity index is 941. The lowest BCUT2D eigenvalue weighted by atomic mass is 10.1. The highest BCUT2D eigenvalue weighted by molar-refractivity contribution is 8.00. The first-order chi connectivity index (χ1) is 11.9. The molecule has 0 fully saturated rings.